The molecule has 1 aliphatic heterocycles. The van der Waals surface area contributed by atoms with Crippen LogP contribution in [0.25, 0.3) is 0 Å². The van der Waals surface area contributed by atoms with E-state index in [4.69, 9.17) is 4.74 Å². The Kier molecular flexibility index (Phi) is 3.92. The molecule has 1 atom stereocenters. The Labute approximate surface area is 111 Å². The first-order valence-corrected chi connectivity index (χ1v) is 7.81. The van der Waals surface area contributed by atoms with Gasteiger partial charge in [0, 0.05) is 44.9 Å². The largest absolute Gasteiger partial charge is 0.381 e. The second kappa shape index (κ2) is 5.48. The summed E-state index contributed by atoms with van der Waals surface area (Å²) in [7, 11) is 0. The zero-order valence-corrected chi connectivity index (χ0v) is 11.8. The van der Waals surface area contributed by atoms with E-state index in [2.05, 4.69) is 17.1 Å². The minimum atomic E-state index is 0.396. The molecule has 3 fully saturated rings. The summed E-state index contributed by atoms with van der Waals surface area (Å²) in [6, 6.07) is 0. The van der Waals surface area contributed by atoms with Crippen LogP contribution < -0.4 is 5.32 Å². The van der Waals surface area contributed by atoms with Gasteiger partial charge in [0.1, 0.15) is 0 Å². The van der Waals surface area contributed by atoms with Gasteiger partial charge < -0.3 is 15.0 Å². The highest BCUT2D eigenvalue weighted by Gasteiger charge is 2.43. The predicted molar refractivity (Wildman–Crippen MR) is 73.7 cm³/mol. The number of ether oxygens (including phenoxy) is 1. The summed E-state index contributed by atoms with van der Waals surface area (Å²) < 4.78 is 5.72. The van der Waals surface area contributed by atoms with Gasteiger partial charge in [0.05, 0.1) is 0 Å². The summed E-state index contributed by atoms with van der Waals surface area (Å²) in [6.07, 6.45) is 6.87. The van der Waals surface area contributed by atoms with Crippen LogP contribution in [0, 0.1) is 11.8 Å². The summed E-state index contributed by atoms with van der Waals surface area (Å²) in [5.41, 5.74) is 0.396. The van der Waals surface area contributed by atoms with Gasteiger partial charge in [-0.15, -0.1) is 0 Å². The van der Waals surface area contributed by atoms with Gasteiger partial charge in [0.25, 0.3) is 0 Å². The molecule has 0 spiro atoms. The molecule has 0 aromatic carbocycles. The Morgan fingerprint density at radius 1 is 1.28 bits per heavy atom. The third kappa shape index (κ3) is 3.46. The molecule has 0 radical (unpaired) electrons. The first-order chi connectivity index (χ1) is 8.76. The molecule has 3 rings (SSSR count). The normalized spacial score (nSPS) is 33.8. The molecule has 1 unspecified atom stereocenters. The molecule has 0 amide bonds. The number of nitrogens with zero attached hydrogens (tertiary/aromatic N) is 1. The van der Waals surface area contributed by atoms with Crippen molar-refractivity contribution in [1.82, 2.24) is 10.2 Å². The Balaban J connectivity index is 1.31. The smallest absolute Gasteiger partial charge is 0.0494 e. The van der Waals surface area contributed by atoms with Crippen LogP contribution in [0.3, 0.4) is 0 Å². The van der Waals surface area contributed by atoms with E-state index in [1.54, 1.807) is 0 Å². The van der Waals surface area contributed by atoms with Crippen molar-refractivity contribution >= 4 is 0 Å². The molecule has 3 heteroatoms. The highest BCUT2D eigenvalue weighted by molar-refractivity contribution is 5.01. The van der Waals surface area contributed by atoms with Gasteiger partial charge in [-0.1, -0.05) is 0 Å². The fourth-order valence-electron chi connectivity index (χ4n) is 3.21. The van der Waals surface area contributed by atoms with E-state index in [0.717, 1.165) is 31.6 Å². The van der Waals surface area contributed by atoms with Crippen LogP contribution in [0.15, 0.2) is 0 Å². The van der Waals surface area contributed by atoms with Crippen LogP contribution in [-0.4, -0.2) is 49.8 Å². The van der Waals surface area contributed by atoms with Crippen LogP contribution in [0.2, 0.25) is 0 Å². The quantitative estimate of drug-likeness (QED) is 0.700. The topological polar surface area (TPSA) is 24.5 Å². The lowest BCUT2D eigenvalue weighted by Gasteiger charge is -2.42. The van der Waals surface area contributed by atoms with E-state index in [9.17, 15) is 0 Å². The van der Waals surface area contributed by atoms with E-state index in [0.29, 0.717) is 5.54 Å². The number of piperazine rings is 1. The van der Waals surface area contributed by atoms with Crippen molar-refractivity contribution in [3.8, 4) is 0 Å². The SMILES string of the molecule is CC1(C2CC2)CN(CCCOCC2CC2)CCN1. The van der Waals surface area contributed by atoms with Crippen molar-refractivity contribution in [3.05, 3.63) is 0 Å². The Morgan fingerprint density at radius 2 is 2.11 bits per heavy atom. The standard InChI is InChI=1S/C15H28N2O/c1-15(14-5-6-14)12-17(9-7-16-15)8-2-10-18-11-13-3-4-13/h13-14,16H,2-12H2,1H3. The molecule has 1 N–H and O–H groups in total. The lowest BCUT2D eigenvalue weighted by Crippen LogP contribution is -2.60. The molecule has 1 heterocycles. The maximum atomic E-state index is 5.72. The zero-order valence-electron chi connectivity index (χ0n) is 11.8. The molecular weight excluding hydrogens is 224 g/mol. The summed E-state index contributed by atoms with van der Waals surface area (Å²) in [4.78, 5) is 2.63. The van der Waals surface area contributed by atoms with Gasteiger partial charge in [0.15, 0.2) is 0 Å². The van der Waals surface area contributed by atoms with E-state index in [1.165, 1.54) is 51.7 Å². The molecule has 0 aromatic heterocycles. The van der Waals surface area contributed by atoms with Gasteiger partial charge >= 0.3 is 0 Å². The summed E-state index contributed by atoms with van der Waals surface area (Å²) in [5, 5.41) is 3.74. The third-order valence-electron chi connectivity index (χ3n) is 4.80. The maximum Gasteiger partial charge on any atom is 0.0494 e. The van der Waals surface area contributed by atoms with Crippen molar-refractivity contribution in [2.75, 3.05) is 39.4 Å². The first-order valence-electron chi connectivity index (χ1n) is 7.81. The molecule has 0 aromatic rings. The lowest BCUT2D eigenvalue weighted by molar-refractivity contribution is 0.0907. The van der Waals surface area contributed by atoms with E-state index in [-0.39, 0.29) is 0 Å². The lowest BCUT2D eigenvalue weighted by atomic mass is 9.93. The Bertz CT molecular complexity index is 276. The van der Waals surface area contributed by atoms with Crippen molar-refractivity contribution in [2.24, 2.45) is 11.8 Å². The molecule has 3 nitrogen and oxygen atoms in total. The monoisotopic (exact) mass is 252 g/mol. The van der Waals surface area contributed by atoms with Crippen molar-refractivity contribution < 1.29 is 4.74 Å². The fraction of sp³-hybridized carbons (Fsp3) is 1.00. The molecule has 1 saturated heterocycles. The average molecular weight is 252 g/mol. The van der Waals surface area contributed by atoms with Crippen molar-refractivity contribution in [3.63, 3.8) is 0 Å². The summed E-state index contributed by atoms with van der Waals surface area (Å²) in [6.45, 7) is 9.22. The Hall–Kier alpha value is -0.120. The highest BCUT2D eigenvalue weighted by Crippen LogP contribution is 2.40. The maximum absolute atomic E-state index is 5.72. The van der Waals surface area contributed by atoms with Crippen LogP contribution in [0.1, 0.15) is 39.0 Å². The second-order valence-electron chi connectivity index (χ2n) is 6.77. The molecule has 3 aliphatic rings. The van der Waals surface area contributed by atoms with Crippen LogP contribution >= 0.6 is 0 Å². The molecule has 2 saturated carbocycles. The molecule has 18 heavy (non-hydrogen) atoms. The van der Waals surface area contributed by atoms with Crippen LogP contribution in [-0.2, 0) is 4.74 Å². The molecular formula is C15H28N2O. The average Bonchev–Trinajstić information content (AvgIpc) is 3.21. The number of nitrogens with one attached hydrogen (secondary N) is 1. The zero-order chi connectivity index (χ0) is 12.4. The fourth-order valence-corrected chi connectivity index (χ4v) is 3.21. The van der Waals surface area contributed by atoms with Crippen molar-refractivity contribution in [2.45, 2.75) is 44.6 Å². The predicted octanol–water partition coefficient (Wildman–Crippen LogP) is 1.88. The highest BCUT2D eigenvalue weighted by atomic mass is 16.5. The molecule has 104 valence electrons. The van der Waals surface area contributed by atoms with Gasteiger partial charge in [-0.2, -0.15) is 0 Å². The van der Waals surface area contributed by atoms with E-state index in [1.807, 2.05) is 0 Å². The summed E-state index contributed by atoms with van der Waals surface area (Å²) in [5.74, 6) is 1.84. The van der Waals surface area contributed by atoms with E-state index < -0.39 is 0 Å². The van der Waals surface area contributed by atoms with Crippen LogP contribution in [0.4, 0.5) is 0 Å². The van der Waals surface area contributed by atoms with Crippen LogP contribution in [0.5, 0.6) is 0 Å². The van der Waals surface area contributed by atoms with Gasteiger partial charge in [-0.25, -0.2) is 0 Å². The van der Waals surface area contributed by atoms with E-state index >= 15 is 0 Å². The second-order valence-corrected chi connectivity index (χ2v) is 6.77. The Morgan fingerprint density at radius 3 is 2.83 bits per heavy atom. The molecule has 2 aliphatic carbocycles. The minimum Gasteiger partial charge on any atom is -0.381 e. The summed E-state index contributed by atoms with van der Waals surface area (Å²) >= 11 is 0. The first kappa shape index (κ1) is 12.9. The van der Waals surface area contributed by atoms with Gasteiger partial charge in [0.2, 0.25) is 0 Å². The van der Waals surface area contributed by atoms with Gasteiger partial charge in [-0.3, -0.25) is 0 Å². The van der Waals surface area contributed by atoms with Crippen molar-refractivity contribution in [1.29, 1.82) is 0 Å². The van der Waals surface area contributed by atoms with Gasteiger partial charge in [-0.05, 0) is 50.9 Å². The number of rotatable bonds is 7. The third-order valence-corrected chi connectivity index (χ3v) is 4.80. The molecule has 0 bridgehead atoms. The number of hydrogen-bond acceptors (Lipinski definition) is 3. The minimum absolute atomic E-state index is 0.396. The number of hydrogen-bond donors (Lipinski definition) is 1.